The molecule has 0 bridgehead atoms. The molecule has 1 saturated heterocycles. The van der Waals surface area contributed by atoms with E-state index in [2.05, 4.69) is 4.74 Å². The SMILES string of the molecule is COC(=O)c1cccc(COC(=O)c2ccc(S(=O)(=O)N3CC(C)OC(C)C3)cc2)c1. The number of hydrogen-bond acceptors (Lipinski definition) is 7. The van der Waals surface area contributed by atoms with Crippen molar-refractivity contribution in [3.8, 4) is 0 Å². The van der Waals surface area contributed by atoms with Gasteiger partial charge >= 0.3 is 11.9 Å². The minimum absolute atomic E-state index is 0.0345. The quantitative estimate of drug-likeness (QED) is 0.628. The molecule has 0 aromatic heterocycles. The lowest BCUT2D eigenvalue weighted by Gasteiger charge is -2.34. The van der Waals surface area contributed by atoms with Crippen LogP contribution >= 0.6 is 0 Å². The average molecular weight is 448 g/mol. The lowest BCUT2D eigenvalue weighted by atomic mass is 10.1. The Hall–Kier alpha value is -2.75. The Labute approximate surface area is 181 Å². The maximum Gasteiger partial charge on any atom is 0.338 e. The van der Waals surface area contributed by atoms with Gasteiger partial charge in [0.2, 0.25) is 10.0 Å². The summed E-state index contributed by atoms with van der Waals surface area (Å²) in [6.45, 7) is 4.19. The van der Waals surface area contributed by atoms with Gasteiger partial charge in [-0.05, 0) is 55.8 Å². The minimum Gasteiger partial charge on any atom is -0.465 e. The lowest BCUT2D eigenvalue weighted by molar-refractivity contribution is -0.0440. The van der Waals surface area contributed by atoms with Crippen molar-refractivity contribution < 1.29 is 32.2 Å². The van der Waals surface area contributed by atoms with E-state index in [1.54, 1.807) is 24.3 Å². The van der Waals surface area contributed by atoms with Gasteiger partial charge in [-0.25, -0.2) is 18.0 Å². The fourth-order valence-corrected chi connectivity index (χ4v) is 4.97. The van der Waals surface area contributed by atoms with Crippen LogP contribution < -0.4 is 0 Å². The van der Waals surface area contributed by atoms with E-state index in [1.165, 1.54) is 35.7 Å². The van der Waals surface area contributed by atoms with Crippen molar-refractivity contribution in [3.63, 3.8) is 0 Å². The van der Waals surface area contributed by atoms with Gasteiger partial charge in [0.15, 0.2) is 0 Å². The number of nitrogens with zero attached hydrogens (tertiary/aromatic N) is 1. The van der Waals surface area contributed by atoms with Gasteiger partial charge in [0.1, 0.15) is 6.61 Å². The van der Waals surface area contributed by atoms with Crippen LogP contribution in [0.1, 0.15) is 40.1 Å². The highest BCUT2D eigenvalue weighted by atomic mass is 32.2. The Morgan fingerprint density at radius 2 is 1.65 bits per heavy atom. The summed E-state index contributed by atoms with van der Waals surface area (Å²) in [5, 5.41) is 0. The van der Waals surface area contributed by atoms with Crippen LogP contribution in [0.4, 0.5) is 0 Å². The van der Waals surface area contributed by atoms with Crippen LogP contribution in [-0.2, 0) is 30.8 Å². The van der Waals surface area contributed by atoms with E-state index in [0.29, 0.717) is 11.1 Å². The van der Waals surface area contributed by atoms with Crippen LogP contribution in [0.2, 0.25) is 0 Å². The molecule has 3 rings (SSSR count). The maximum absolute atomic E-state index is 12.9. The number of carbonyl (C=O) groups excluding carboxylic acids is 2. The van der Waals surface area contributed by atoms with E-state index in [9.17, 15) is 18.0 Å². The second kappa shape index (κ2) is 9.59. The number of benzene rings is 2. The third-order valence-electron chi connectivity index (χ3n) is 4.83. The van der Waals surface area contributed by atoms with Crippen molar-refractivity contribution in [1.29, 1.82) is 0 Å². The molecule has 1 aliphatic heterocycles. The monoisotopic (exact) mass is 447 g/mol. The van der Waals surface area contributed by atoms with E-state index >= 15 is 0 Å². The first-order valence-electron chi connectivity index (χ1n) is 9.80. The number of sulfonamides is 1. The number of esters is 2. The smallest absolute Gasteiger partial charge is 0.338 e. The first-order valence-corrected chi connectivity index (χ1v) is 11.2. The molecule has 8 nitrogen and oxygen atoms in total. The van der Waals surface area contributed by atoms with Gasteiger partial charge in [0.05, 0.1) is 35.3 Å². The van der Waals surface area contributed by atoms with Crippen LogP contribution in [0.3, 0.4) is 0 Å². The fourth-order valence-electron chi connectivity index (χ4n) is 3.38. The fraction of sp³-hybridized carbons (Fsp3) is 0.364. The predicted octanol–water partition coefficient (Wildman–Crippen LogP) is 2.63. The van der Waals surface area contributed by atoms with Gasteiger partial charge in [0.25, 0.3) is 0 Å². The highest BCUT2D eigenvalue weighted by Crippen LogP contribution is 2.22. The molecule has 0 amide bonds. The highest BCUT2D eigenvalue weighted by Gasteiger charge is 2.32. The van der Waals surface area contributed by atoms with Crippen LogP contribution in [0.15, 0.2) is 53.4 Å². The standard InChI is InChI=1S/C22H25NO7S/c1-15-12-23(13-16(2)30-15)31(26,27)20-9-7-18(8-10-20)22(25)29-14-17-5-4-6-19(11-17)21(24)28-3/h4-11,15-16H,12-14H2,1-3H3. The van der Waals surface area contributed by atoms with Crippen molar-refractivity contribution in [2.45, 2.75) is 37.6 Å². The van der Waals surface area contributed by atoms with E-state index in [4.69, 9.17) is 9.47 Å². The summed E-state index contributed by atoms with van der Waals surface area (Å²) in [7, 11) is -2.39. The Morgan fingerprint density at radius 1 is 1.00 bits per heavy atom. The first kappa shape index (κ1) is 22.9. The number of carbonyl (C=O) groups is 2. The number of ether oxygens (including phenoxy) is 3. The molecule has 0 saturated carbocycles. The van der Waals surface area contributed by atoms with Crippen molar-refractivity contribution in [3.05, 3.63) is 65.2 Å². The molecule has 0 aliphatic carbocycles. The van der Waals surface area contributed by atoms with Crippen molar-refractivity contribution >= 4 is 22.0 Å². The first-order chi connectivity index (χ1) is 14.7. The van der Waals surface area contributed by atoms with Crippen LogP contribution in [0.5, 0.6) is 0 Å². The third-order valence-corrected chi connectivity index (χ3v) is 6.68. The second-order valence-corrected chi connectivity index (χ2v) is 9.31. The van der Waals surface area contributed by atoms with Gasteiger partial charge in [0, 0.05) is 13.1 Å². The average Bonchev–Trinajstić information content (AvgIpc) is 2.76. The van der Waals surface area contributed by atoms with Crippen LogP contribution in [0, 0.1) is 0 Å². The summed E-state index contributed by atoms with van der Waals surface area (Å²) in [6, 6.07) is 12.2. The molecule has 31 heavy (non-hydrogen) atoms. The molecule has 1 fully saturated rings. The maximum atomic E-state index is 12.9. The Balaban J connectivity index is 1.66. The Kier molecular flexibility index (Phi) is 7.09. The molecule has 2 aromatic carbocycles. The van der Waals surface area contributed by atoms with Crippen molar-refractivity contribution in [1.82, 2.24) is 4.31 Å². The van der Waals surface area contributed by atoms with E-state index in [1.807, 2.05) is 13.8 Å². The second-order valence-electron chi connectivity index (χ2n) is 7.37. The number of methoxy groups -OCH3 is 1. The van der Waals surface area contributed by atoms with E-state index in [-0.39, 0.29) is 42.4 Å². The lowest BCUT2D eigenvalue weighted by Crippen LogP contribution is -2.48. The summed E-state index contributed by atoms with van der Waals surface area (Å²) >= 11 is 0. The molecule has 2 unspecified atom stereocenters. The summed E-state index contributed by atoms with van der Waals surface area (Å²) in [5.74, 6) is -1.07. The zero-order valence-electron chi connectivity index (χ0n) is 17.6. The van der Waals surface area contributed by atoms with Gasteiger partial charge in [-0.2, -0.15) is 4.31 Å². The molecular weight excluding hydrogens is 422 g/mol. The molecule has 2 atom stereocenters. The number of hydrogen-bond donors (Lipinski definition) is 0. The summed E-state index contributed by atoms with van der Waals surface area (Å²) in [4.78, 5) is 24.1. The van der Waals surface area contributed by atoms with Crippen molar-refractivity contribution in [2.24, 2.45) is 0 Å². The van der Waals surface area contributed by atoms with Gasteiger partial charge < -0.3 is 14.2 Å². The summed E-state index contributed by atoms with van der Waals surface area (Å²) in [5.41, 5.74) is 1.22. The van der Waals surface area contributed by atoms with E-state index in [0.717, 1.165) is 0 Å². The van der Waals surface area contributed by atoms with Crippen LogP contribution in [-0.4, -0.2) is 57.1 Å². The molecule has 0 N–H and O–H groups in total. The summed E-state index contributed by atoms with van der Waals surface area (Å²) in [6.07, 6.45) is -0.379. The molecule has 9 heteroatoms. The molecule has 2 aromatic rings. The normalized spacial score (nSPS) is 19.6. The molecule has 1 aliphatic rings. The van der Waals surface area contributed by atoms with Gasteiger partial charge in [-0.15, -0.1) is 0 Å². The molecule has 0 radical (unpaired) electrons. The topological polar surface area (TPSA) is 99.2 Å². The third kappa shape index (κ3) is 5.49. The van der Waals surface area contributed by atoms with Gasteiger partial charge in [-0.3, -0.25) is 0 Å². The number of rotatable bonds is 6. The zero-order chi connectivity index (χ0) is 22.6. The van der Waals surface area contributed by atoms with Crippen LogP contribution in [0.25, 0.3) is 0 Å². The highest BCUT2D eigenvalue weighted by molar-refractivity contribution is 7.89. The zero-order valence-corrected chi connectivity index (χ0v) is 18.4. The predicted molar refractivity (Wildman–Crippen MR) is 112 cm³/mol. The summed E-state index contributed by atoms with van der Waals surface area (Å²) < 4.78 is 42.7. The largest absolute Gasteiger partial charge is 0.465 e. The number of morpholine rings is 1. The minimum atomic E-state index is -3.68. The molecule has 0 spiro atoms. The van der Waals surface area contributed by atoms with Crippen molar-refractivity contribution in [2.75, 3.05) is 20.2 Å². The van der Waals surface area contributed by atoms with E-state index < -0.39 is 22.0 Å². The molecule has 1 heterocycles. The molecular formula is C22H25NO7S. The Bertz CT molecular complexity index is 1040. The van der Waals surface area contributed by atoms with Gasteiger partial charge in [-0.1, -0.05) is 12.1 Å². The Morgan fingerprint density at radius 3 is 2.26 bits per heavy atom. The molecule has 166 valence electrons.